The fourth-order valence-electron chi connectivity index (χ4n) is 3.08. The van der Waals surface area contributed by atoms with Gasteiger partial charge in [-0.1, -0.05) is 31.2 Å². The van der Waals surface area contributed by atoms with Gasteiger partial charge in [0.1, 0.15) is 0 Å². The maximum atomic E-state index is 12.5. The summed E-state index contributed by atoms with van der Waals surface area (Å²) in [5.41, 5.74) is 2.57. The second-order valence-corrected chi connectivity index (χ2v) is 5.93. The molecule has 1 saturated heterocycles. The minimum atomic E-state index is 0.290. The summed E-state index contributed by atoms with van der Waals surface area (Å²) in [6, 6.07) is 8.83. The molecule has 0 radical (unpaired) electrons. The normalized spacial score (nSPS) is 20.8. The van der Waals surface area contributed by atoms with Gasteiger partial charge >= 0.3 is 0 Å². The zero-order valence-corrected chi connectivity index (χ0v) is 12.9. The van der Waals surface area contributed by atoms with E-state index in [-0.39, 0.29) is 0 Å². The number of likely N-dealkylation sites (tertiary alicyclic amines) is 1. The Kier molecular flexibility index (Phi) is 5.18. The van der Waals surface area contributed by atoms with Gasteiger partial charge in [0, 0.05) is 25.6 Å². The number of piperidine rings is 1. The van der Waals surface area contributed by atoms with E-state index >= 15 is 0 Å². The summed E-state index contributed by atoms with van der Waals surface area (Å²) in [7, 11) is 1.98. The number of hydrogen-bond donors (Lipinski definition) is 1. The van der Waals surface area contributed by atoms with Gasteiger partial charge in [-0.2, -0.15) is 0 Å². The van der Waals surface area contributed by atoms with Crippen LogP contribution in [0.4, 0.5) is 0 Å². The molecule has 1 aliphatic rings. The first-order valence-electron chi connectivity index (χ1n) is 7.62. The average Bonchev–Trinajstić information content (AvgIpc) is 2.47. The van der Waals surface area contributed by atoms with Gasteiger partial charge in [0.05, 0.1) is 0 Å². The van der Waals surface area contributed by atoms with E-state index in [0.717, 1.165) is 19.5 Å². The van der Waals surface area contributed by atoms with Crippen molar-refractivity contribution in [2.24, 2.45) is 0 Å². The first-order valence-corrected chi connectivity index (χ1v) is 7.62. The summed E-state index contributed by atoms with van der Waals surface area (Å²) >= 11 is 0. The Morgan fingerprint density at radius 2 is 2.20 bits per heavy atom. The summed E-state index contributed by atoms with van der Waals surface area (Å²) in [6.07, 6.45) is 2.89. The van der Waals surface area contributed by atoms with E-state index in [2.05, 4.69) is 43.4 Å². The van der Waals surface area contributed by atoms with E-state index in [1.165, 1.54) is 17.5 Å². The predicted molar refractivity (Wildman–Crippen MR) is 82.9 cm³/mol. The molecule has 0 bridgehead atoms. The standard InChI is InChI=1S/C17H26N2O/c1-13-7-4-5-9-16(13)14(2)11-17(20)19-10-6-8-15(12-19)18-3/h4-5,7,9,14-15,18H,6,8,10-12H2,1-3H3/t14-,15+/m0/s1. The maximum Gasteiger partial charge on any atom is 0.223 e. The molecule has 3 nitrogen and oxygen atoms in total. The van der Waals surface area contributed by atoms with Crippen molar-refractivity contribution in [2.75, 3.05) is 20.1 Å². The lowest BCUT2D eigenvalue weighted by atomic mass is 9.93. The lowest BCUT2D eigenvalue weighted by Crippen LogP contribution is -2.47. The van der Waals surface area contributed by atoms with Crippen molar-refractivity contribution in [1.82, 2.24) is 10.2 Å². The van der Waals surface area contributed by atoms with Gasteiger partial charge in [-0.15, -0.1) is 0 Å². The van der Waals surface area contributed by atoms with Crippen LogP contribution in [0.15, 0.2) is 24.3 Å². The molecule has 1 amide bonds. The molecule has 110 valence electrons. The van der Waals surface area contributed by atoms with Crippen LogP contribution < -0.4 is 5.32 Å². The first-order chi connectivity index (χ1) is 9.61. The Hall–Kier alpha value is -1.35. The van der Waals surface area contributed by atoms with Crippen molar-refractivity contribution < 1.29 is 4.79 Å². The van der Waals surface area contributed by atoms with Gasteiger partial charge in [0.25, 0.3) is 0 Å². The Morgan fingerprint density at radius 1 is 1.45 bits per heavy atom. The number of carbonyl (C=O) groups excluding carboxylic acids is 1. The van der Waals surface area contributed by atoms with Crippen LogP contribution >= 0.6 is 0 Å². The minimum absolute atomic E-state index is 0.290. The van der Waals surface area contributed by atoms with E-state index in [1.807, 2.05) is 11.9 Å². The van der Waals surface area contributed by atoms with E-state index < -0.39 is 0 Å². The summed E-state index contributed by atoms with van der Waals surface area (Å²) < 4.78 is 0. The fraction of sp³-hybridized carbons (Fsp3) is 0.588. The molecule has 3 heteroatoms. The summed E-state index contributed by atoms with van der Waals surface area (Å²) in [5.74, 6) is 0.583. The molecule has 0 unspecified atom stereocenters. The van der Waals surface area contributed by atoms with Gasteiger partial charge in [0.15, 0.2) is 0 Å². The highest BCUT2D eigenvalue weighted by Gasteiger charge is 2.24. The Morgan fingerprint density at radius 3 is 2.90 bits per heavy atom. The van der Waals surface area contributed by atoms with Crippen LogP contribution in [0.5, 0.6) is 0 Å². The third-order valence-corrected chi connectivity index (χ3v) is 4.38. The molecule has 1 aromatic rings. The third kappa shape index (κ3) is 3.60. The lowest BCUT2D eigenvalue weighted by Gasteiger charge is -2.33. The van der Waals surface area contributed by atoms with E-state index in [4.69, 9.17) is 0 Å². The largest absolute Gasteiger partial charge is 0.341 e. The average molecular weight is 274 g/mol. The quantitative estimate of drug-likeness (QED) is 0.915. The number of hydrogen-bond acceptors (Lipinski definition) is 2. The first kappa shape index (κ1) is 15.0. The Labute approximate surface area is 122 Å². The second-order valence-electron chi connectivity index (χ2n) is 5.93. The monoisotopic (exact) mass is 274 g/mol. The van der Waals surface area contributed by atoms with Crippen molar-refractivity contribution in [2.45, 2.75) is 45.1 Å². The highest BCUT2D eigenvalue weighted by molar-refractivity contribution is 5.77. The Bertz CT molecular complexity index is 458. The van der Waals surface area contributed by atoms with E-state index in [9.17, 15) is 4.79 Å². The van der Waals surface area contributed by atoms with Crippen LogP contribution in [-0.2, 0) is 4.79 Å². The molecule has 1 N–H and O–H groups in total. The second kappa shape index (κ2) is 6.89. The van der Waals surface area contributed by atoms with Crippen molar-refractivity contribution in [3.63, 3.8) is 0 Å². The summed E-state index contributed by atoms with van der Waals surface area (Å²) in [5, 5.41) is 3.29. The fourth-order valence-corrected chi connectivity index (χ4v) is 3.08. The summed E-state index contributed by atoms with van der Waals surface area (Å²) in [4.78, 5) is 14.5. The molecular formula is C17H26N2O. The SMILES string of the molecule is CN[C@@H]1CCCN(C(=O)C[C@H](C)c2ccccc2C)C1. The molecule has 0 aromatic heterocycles. The van der Waals surface area contributed by atoms with Gasteiger partial charge in [-0.05, 0) is 43.9 Å². The molecule has 1 aromatic carbocycles. The van der Waals surface area contributed by atoms with Gasteiger partial charge in [-0.25, -0.2) is 0 Å². The van der Waals surface area contributed by atoms with Crippen molar-refractivity contribution in [3.8, 4) is 0 Å². The number of rotatable bonds is 4. The van der Waals surface area contributed by atoms with Gasteiger partial charge < -0.3 is 10.2 Å². The van der Waals surface area contributed by atoms with Crippen molar-refractivity contribution >= 4 is 5.91 Å². The highest BCUT2D eigenvalue weighted by atomic mass is 16.2. The maximum absolute atomic E-state index is 12.5. The Balaban J connectivity index is 1.95. The number of likely N-dealkylation sites (N-methyl/N-ethyl adjacent to an activating group) is 1. The summed E-state index contributed by atoms with van der Waals surface area (Å²) in [6.45, 7) is 6.04. The topological polar surface area (TPSA) is 32.3 Å². The minimum Gasteiger partial charge on any atom is -0.341 e. The zero-order chi connectivity index (χ0) is 14.5. The number of carbonyl (C=O) groups is 1. The van der Waals surface area contributed by atoms with E-state index in [1.54, 1.807) is 0 Å². The molecule has 20 heavy (non-hydrogen) atoms. The molecular weight excluding hydrogens is 248 g/mol. The number of nitrogens with zero attached hydrogens (tertiary/aromatic N) is 1. The number of aryl methyl sites for hydroxylation is 1. The number of benzene rings is 1. The van der Waals surface area contributed by atoms with Crippen molar-refractivity contribution in [1.29, 1.82) is 0 Å². The molecule has 2 atom stereocenters. The lowest BCUT2D eigenvalue weighted by molar-refractivity contribution is -0.132. The zero-order valence-electron chi connectivity index (χ0n) is 12.9. The molecule has 0 aliphatic carbocycles. The van der Waals surface area contributed by atoms with Gasteiger partial charge in [-0.3, -0.25) is 4.79 Å². The van der Waals surface area contributed by atoms with Crippen LogP contribution in [0.2, 0.25) is 0 Å². The highest BCUT2D eigenvalue weighted by Crippen LogP contribution is 2.24. The predicted octanol–water partition coefficient (Wildman–Crippen LogP) is 2.70. The van der Waals surface area contributed by atoms with Crippen molar-refractivity contribution in [3.05, 3.63) is 35.4 Å². The number of amides is 1. The third-order valence-electron chi connectivity index (χ3n) is 4.38. The van der Waals surface area contributed by atoms with Crippen LogP contribution in [0.25, 0.3) is 0 Å². The number of nitrogens with one attached hydrogen (secondary N) is 1. The molecule has 1 heterocycles. The van der Waals surface area contributed by atoms with E-state index in [0.29, 0.717) is 24.3 Å². The van der Waals surface area contributed by atoms with Crippen LogP contribution in [0, 0.1) is 6.92 Å². The van der Waals surface area contributed by atoms with Gasteiger partial charge in [0.2, 0.25) is 5.91 Å². The van der Waals surface area contributed by atoms with Crippen LogP contribution in [0.3, 0.4) is 0 Å². The van der Waals surface area contributed by atoms with Crippen LogP contribution in [0.1, 0.15) is 43.2 Å². The van der Waals surface area contributed by atoms with Crippen LogP contribution in [-0.4, -0.2) is 37.0 Å². The molecule has 1 fully saturated rings. The smallest absolute Gasteiger partial charge is 0.223 e. The molecule has 1 aliphatic heterocycles. The molecule has 2 rings (SSSR count). The molecule has 0 spiro atoms. The molecule has 0 saturated carbocycles.